The summed E-state index contributed by atoms with van der Waals surface area (Å²) in [5.74, 6) is 0. The minimum absolute atomic E-state index is 0.547. The van der Waals surface area contributed by atoms with Crippen LogP contribution in [-0.2, 0) is 0 Å². The van der Waals surface area contributed by atoms with E-state index in [1.807, 2.05) is 12.1 Å². The van der Waals surface area contributed by atoms with Gasteiger partial charge in [0.2, 0.25) is 0 Å². The monoisotopic (exact) mass is 396 g/mol. The summed E-state index contributed by atoms with van der Waals surface area (Å²) in [6, 6.07) is 9.58. The van der Waals surface area contributed by atoms with Crippen molar-refractivity contribution in [2.24, 2.45) is 0 Å². The maximum absolute atomic E-state index is 6.21. The van der Waals surface area contributed by atoms with E-state index in [9.17, 15) is 0 Å². The molecule has 0 heterocycles. The molecular formula is C13H8Cl3I. The smallest absolute Gasteiger partial charge is 0.0514 e. The van der Waals surface area contributed by atoms with E-state index < -0.39 is 0 Å². The minimum Gasteiger partial charge on any atom is -0.0842 e. The molecule has 4 heteroatoms. The summed E-state index contributed by atoms with van der Waals surface area (Å²) in [4.78, 5) is 0. The molecule has 2 aromatic carbocycles. The van der Waals surface area contributed by atoms with Gasteiger partial charge in [-0.3, -0.25) is 0 Å². The lowest BCUT2D eigenvalue weighted by molar-refractivity contribution is 1.44. The number of hydrogen-bond donors (Lipinski definition) is 0. The molecule has 0 radical (unpaired) electrons. The molecule has 0 aliphatic heterocycles. The molecule has 88 valence electrons. The number of hydrogen-bond acceptors (Lipinski definition) is 0. The van der Waals surface area contributed by atoms with Crippen LogP contribution in [0.15, 0.2) is 30.3 Å². The molecular weight excluding hydrogens is 389 g/mol. The van der Waals surface area contributed by atoms with Gasteiger partial charge in [0.05, 0.1) is 10.0 Å². The number of benzene rings is 2. The molecule has 2 rings (SSSR count). The summed E-state index contributed by atoms with van der Waals surface area (Å²) in [6.07, 6.45) is 0. The molecule has 0 unspecified atom stereocenters. The molecule has 0 amide bonds. The molecule has 0 N–H and O–H groups in total. The Hall–Kier alpha value is 0.0400. The molecule has 0 atom stereocenters. The molecule has 0 aliphatic carbocycles. The molecule has 0 aromatic heterocycles. The van der Waals surface area contributed by atoms with E-state index in [2.05, 4.69) is 35.6 Å². The van der Waals surface area contributed by atoms with Gasteiger partial charge in [0, 0.05) is 14.2 Å². The number of rotatable bonds is 1. The Morgan fingerprint density at radius 2 is 1.53 bits per heavy atom. The van der Waals surface area contributed by atoms with Gasteiger partial charge in [-0.25, -0.2) is 0 Å². The van der Waals surface area contributed by atoms with Crippen molar-refractivity contribution in [1.29, 1.82) is 0 Å². The zero-order chi connectivity index (χ0) is 12.6. The molecule has 0 aliphatic rings. The number of halogens is 4. The van der Waals surface area contributed by atoms with E-state index in [4.69, 9.17) is 34.8 Å². The van der Waals surface area contributed by atoms with Crippen LogP contribution in [0.2, 0.25) is 15.1 Å². The molecule has 0 nitrogen and oxygen atoms in total. The second-order valence-corrected chi connectivity index (χ2v) is 6.14. The van der Waals surface area contributed by atoms with E-state index in [1.165, 1.54) is 5.56 Å². The first kappa shape index (κ1) is 13.5. The largest absolute Gasteiger partial charge is 0.0842 e. The molecule has 0 bridgehead atoms. The van der Waals surface area contributed by atoms with Gasteiger partial charge in [-0.15, -0.1) is 0 Å². The second kappa shape index (κ2) is 5.35. The van der Waals surface area contributed by atoms with E-state index >= 15 is 0 Å². The molecule has 0 fully saturated rings. The fourth-order valence-electron chi connectivity index (χ4n) is 1.62. The Morgan fingerprint density at radius 1 is 0.941 bits per heavy atom. The predicted molar refractivity (Wildman–Crippen MR) is 84.4 cm³/mol. The van der Waals surface area contributed by atoms with Crippen LogP contribution >= 0.6 is 57.4 Å². The van der Waals surface area contributed by atoms with Gasteiger partial charge in [-0.1, -0.05) is 52.5 Å². The molecule has 0 spiro atoms. The summed E-state index contributed by atoms with van der Waals surface area (Å²) in [5.41, 5.74) is 3.07. The van der Waals surface area contributed by atoms with E-state index in [-0.39, 0.29) is 0 Å². The van der Waals surface area contributed by atoms with Gasteiger partial charge < -0.3 is 0 Å². The first-order valence-corrected chi connectivity index (χ1v) is 7.11. The van der Waals surface area contributed by atoms with Crippen LogP contribution < -0.4 is 0 Å². The maximum atomic E-state index is 6.21. The summed E-state index contributed by atoms with van der Waals surface area (Å²) in [6.45, 7) is 2.05. The Labute approximate surface area is 129 Å². The third-order valence-electron chi connectivity index (χ3n) is 2.40. The average molecular weight is 397 g/mol. The van der Waals surface area contributed by atoms with Crippen LogP contribution in [0.5, 0.6) is 0 Å². The maximum Gasteiger partial charge on any atom is 0.0514 e. The lowest BCUT2D eigenvalue weighted by Gasteiger charge is -2.10. The van der Waals surface area contributed by atoms with Gasteiger partial charge >= 0.3 is 0 Å². The van der Waals surface area contributed by atoms with Crippen LogP contribution in [-0.4, -0.2) is 0 Å². The highest BCUT2D eigenvalue weighted by Crippen LogP contribution is 2.39. The predicted octanol–water partition coefficient (Wildman–Crippen LogP) is 6.23. The first-order valence-electron chi connectivity index (χ1n) is 4.90. The highest BCUT2D eigenvalue weighted by atomic mass is 127. The van der Waals surface area contributed by atoms with Gasteiger partial charge in [-0.2, -0.15) is 0 Å². The standard InChI is InChI=1S/C13H8Cl3I/c1-7-2-3-9(12(17)4-7)13-10(15)5-8(14)6-11(13)16/h2-6H,1H3. The van der Waals surface area contributed by atoms with Crippen molar-refractivity contribution in [2.75, 3.05) is 0 Å². The zero-order valence-corrected chi connectivity index (χ0v) is 13.3. The van der Waals surface area contributed by atoms with Gasteiger partial charge in [0.15, 0.2) is 0 Å². The summed E-state index contributed by atoms with van der Waals surface area (Å²) >= 11 is 20.6. The third-order valence-corrected chi connectivity index (χ3v) is 4.11. The van der Waals surface area contributed by atoms with Crippen LogP contribution in [0, 0.1) is 10.5 Å². The second-order valence-electron chi connectivity index (χ2n) is 3.73. The SMILES string of the molecule is Cc1ccc(-c2c(Cl)cc(Cl)cc2Cl)c(I)c1. The molecule has 0 saturated carbocycles. The van der Waals surface area contributed by atoms with Crippen LogP contribution in [0.4, 0.5) is 0 Å². The Morgan fingerprint density at radius 3 is 2.06 bits per heavy atom. The van der Waals surface area contributed by atoms with Crippen LogP contribution in [0.3, 0.4) is 0 Å². The fraction of sp³-hybridized carbons (Fsp3) is 0.0769. The van der Waals surface area contributed by atoms with Crippen LogP contribution in [0.1, 0.15) is 5.56 Å². The van der Waals surface area contributed by atoms with E-state index in [0.29, 0.717) is 15.1 Å². The van der Waals surface area contributed by atoms with Gasteiger partial charge in [-0.05, 0) is 53.3 Å². The average Bonchev–Trinajstić information content (AvgIpc) is 2.19. The van der Waals surface area contributed by atoms with Crippen molar-refractivity contribution < 1.29 is 0 Å². The van der Waals surface area contributed by atoms with E-state index in [1.54, 1.807) is 12.1 Å². The Kier molecular flexibility index (Phi) is 4.24. The van der Waals surface area contributed by atoms with Crippen molar-refractivity contribution in [3.63, 3.8) is 0 Å². The molecule has 0 saturated heterocycles. The third kappa shape index (κ3) is 2.90. The van der Waals surface area contributed by atoms with Crippen LogP contribution in [0.25, 0.3) is 11.1 Å². The van der Waals surface area contributed by atoms with Crippen molar-refractivity contribution in [1.82, 2.24) is 0 Å². The first-order chi connectivity index (χ1) is 7.99. The van der Waals surface area contributed by atoms with Crippen molar-refractivity contribution in [3.05, 3.63) is 54.5 Å². The van der Waals surface area contributed by atoms with Gasteiger partial charge in [0.1, 0.15) is 0 Å². The van der Waals surface area contributed by atoms with Crippen molar-refractivity contribution in [3.8, 4) is 11.1 Å². The lowest BCUT2D eigenvalue weighted by Crippen LogP contribution is -1.87. The summed E-state index contributed by atoms with van der Waals surface area (Å²) in [7, 11) is 0. The van der Waals surface area contributed by atoms with Crippen molar-refractivity contribution >= 4 is 57.4 Å². The number of aryl methyl sites for hydroxylation is 1. The topological polar surface area (TPSA) is 0 Å². The highest BCUT2D eigenvalue weighted by Gasteiger charge is 2.12. The zero-order valence-electron chi connectivity index (χ0n) is 8.90. The molecule has 17 heavy (non-hydrogen) atoms. The van der Waals surface area contributed by atoms with E-state index in [0.717, 1.165) is 14.7 Å². The van der Waals surface area contributed by atoms with Crippen molar-refractivity contribution in [2.45, 2.75) is 6.92 Å². The Balaban J connectivity index is 2.68. The minimum atomic E-state index is 0.547. The summed E-state index contributed by atoms with van der Waals surface area (Å²) < 4.78 is 1.12. The summed E-state index contributed by atoms with van der Waals surface area (Å²) in [5, 5.41) is 1.69. The lowest BCUT2D eigenvalue weighted by atomic mass is 10.0. The fourth-order valence-corrected chi connectivity index (χ4v) is 3.58. The quantitative estimate of drug-likeness (QED) is 0.501. The molecule has 2 aromatic rings. The highest BCUT2D eigenvalue weighted by molar-refractivity contribution is 14.1. The van der Waals surface area contributed by atoms with Gasteiger partial charge in [0.25, 0.3) is 0 Å². The Bertz CT molecular complexity index is 556. The normalized spacial score (nSPS) is 10.6.